The molecule has 0 unspecified atom stereocenters. The van der Waals surface area contributed by atoms with E-state index in [1.165, 1.54) is 19.3 Å². The van der Waals surface area contributed by atoms with Crippen LogP contribution < -0.4 is 9.47 Å². The number of nitro groups is 1. The van der Waals surface area contributed by atoms with Gasteiger partial charge in [0.15, 0.2) is 17.3 Å². The summed E-state index contributed by atoms with van der Waals surface area (Å²) in [4.78, 5) is 22.8. The summed E-state index contributed by atoms with van der Waals surface area (Å²) in [7, 11) is 1.53. The van der Waals surface area contributed by atoms with Crippen LogP contribution in [0.15, 0.2) is 55.1 Å². The molecule has 0 saturated carbocycles. The molecule has 6 heteroatoms. The minimum atomic E-state index is -0.497. The van der Waals surface area contributed by atoms with Gasteiger partial charge >= 0.3 is 0 Å². The van der Waals surface area contributed by atoms with Crippen LogP contribution >= 0.6 is 0 Å². The fraction of sp³-hybridized carbons (Fsp3) is 0.150. The first-order valence-electron chi connectivity index (χ1n) is 7.85. The largest absolute Gasteiger partial charge is 0.493 e. The van der Waals surface area contributed by atoms with E-state index in [0.29, 0.717) is 23.7 Å². The molecule has 26 heavy (non-hydrogen) atoms. The highest BCUT2D eigenvalue weighted by Crippen LogP contribution is 2.28. The Labute approximate surface area is 151 Å². The van der Waals surface area contributed by atoms with Crippen LogP contribution in [0.25, 0.3) is 6.08 Å². The molecule has 0 atom stereocenters. The van der Waals surface area contributed by atoms with Gasteiger partial charge in [-0.25, -0.2) is 0 Å². The summed E-state index contributed by atoms with van der Waals surface area (Å²) in [6.07, 6.45) is 4.62. The molecular weight excluding hydrogens is 334 g/mol. The molecule has 2 aromatic carbocycles. The number of aryl methyl sites for hydroxylation is 1. The van der Waals surface area contributed by atoms with Gasteiger partial charge < -0.3 is 9.47 Å². The molecule has 0 heterocycles. The second-order valence-corrected chi connectivity index (χ2v) is 5.47. The summed E-state index contributed by atoms with van der Waals surface area (Å²) in [5.74, 6) is 0.788. The Balaban J connectivity index is 2.21. The SMILES string of the molecule is C=CCOc1ccc(/C=C/C(=O)c2ccc(C)c([N+](=O)[O-])c2)cc1OC. The molecule has 2 rings (SSSR count). The number of hydrogen-bond acceptors (Lipinski definition) is 5. The Morgan fingerprint density at radius 2 is 2.00 bits per heavy atom. The maximum absolute atomic E-state index is 12.3. The van der Waals surface area contributed by atoms with Crippen LogP contribution in [0, 0.1) is 17.0 Å². The molecular formula is C20H19NO5. The standard InChI is InChI=1S/C20H19NO5/c1-4-11-26-19-10-7-15(12-20(19)25-3)6-9-18(22)16-8-5-14(2)17(13-16)21(23)24/h4-10,12-13H,1,11H2,2-3H3/b9-6+. The molecule has 0 amide bonds. The zero-order chi connectivity index (χ0) is 19.1. The van der Waals surface area contributed by atoms with Gasteiger partial charge in [-0.2, -0.15) is 0 Å². The van der Waals surface area contributed by atoms with E-state index < -0.39 is 4.92 Å². The number of allylic oxidation sites excluding steroid dienone is 1. The van der Waals surface area contributed by atoms with E-state index in [2.05, 4.69) is 6.58 Å². The first-order valence-corrected chi connectivity index (χ1v) is 7.85. The average molecular weight is 353 g/mol. The number of hydrogen-bond donors (Lipinski definition) is 0. The van der Waals surface area contributed by atoms with Gasteiger partial charge in [-0.1, -0.05) is 36.9 Å². The molecule has 2 aromatic rings. The second-order valence-electron chi connectivity index (χ2n) is 5.47. The highest BCUT2D eigenvalue weighted by Gasteiger charge is 2.13. The first-order chi connectivity index (χ1) is 12.5. The minimum Gasteiger partial charge on any atom is -0.493 e. The topological polar surface area (TPSA) is 78.7 Å². The van der Waals surface area contributed by atoms with Crippen molar-refractivity contribution in [3.8, 4) is 11.5 Å². The maximum atomic E-state index is 12.3. The number of nitrogens with zero attached hydrogens (tertiary/aromatic N) is 1. The van der Waals surface area contributed by atoms with E-state index in [0.717, 1.165) is 5.56 Å². The Bertz CT molecular complexity index is 871. The highest BCUT2D eigenvalue weighted by molar-refractivity contribution is 6.07. The van der Waals surface area contributed by atoms with Crippen LogP contribution in [0.2, 0.25) is 0 Å². The normalized spacial score (nSPS) is 10.5. The molecule has 134 valence electrons. The predicted molar refractivity (Wildman–Crippen MR) is 99.9 cm³/mol. The maximum Gasteiger partial charge on any atom is 0.273 e. The van der Waals surface area contributed by atoms with E-state index >= 15 is 0 Å². The molecule has 0 saturated heterocycles. The van der Waals surface area contributed by atoms with E-state index in [4.69, 9.17) is 9.47 Å². The average Bonchev–Trinajstić information content (AvgIpc) is 2.64. The third kappa shape index (κ3) is 4.57. The van der Waals surface area contributed by atoms with Gasteiger partial charge in [-0.3, -0.25) is 14.9 Å². The van der Waals surface area contributed by atoms with Crippen LogP contribution in [0.5, 0.6) is 11.5 Å². The van der Waals surface area contributed by atoms with Crippen molar-refractivity contribution in [1.29, 1.82) is 0 Å². The van der Waals surface area contributed by atoms with Crippen LogP contribution in [-0.4, -0.2) is 24.4 Å². The van der Waals surface area contributed by atoms with Gasteiger partial charge in [0.05, 0.1) is 12.0 Å². The Hall–Kier alpha value is -3.41. The lowest BCUT2D eigenvalue weighted by atomic mass is 10.1. The Morgan fingerprint density at radius 1 is 1.23 bits per heavy atom. The van der Waals surface area contributed by atoms with Crippen molar-refractivity contribution in [2.45, 2.75) is 6.92 Å². The van der Waals surface area contributed by atoms with Crippen molar-refractivity contribution in [3.63, 3.8) is 0 Å². The van der Waals surface area contributed by atoms with Crippen molar-refractivity contribution in [1.82, 2.24) is 0 Å². The molecule has 6 nitrogen and oxygen atoms in total. The molecule has 0 aliphatic heterocycles. The fourth-order valence-corrected chi connectivity index (χ4v) is 2.28. The molecule has 0 fully saturated rings. The summed E-state index contributed by atoms with van der Waals surface area (Å²) in [5.41, 5.74) is 1.43. The summed E-state index contributed by atoms with van der Waals surface area (Å²) in [6.45, 7) is 5.58. The van der Waals surface area contributed by atoms with Crippen molar-refractivity contribution in [2.75, 3.05) is 13.7 Å². The van der Waals surface area contributed by atoms with Gasteiger partial charge in [-0.05, 0) is 30.7 Å². The predicted octanol–water partition coefficient (Wildman–Crippen LogP) is 4.37. The lowest BCUT2D eigenvalue weighted by molar-refractivity contribution is -0.385. The lowest BCUT2D eigenvalue weighted by Crippen LogP contribution is -1.98. The Kier molecular flexibility index (Phi) is 6.27. The molecule has 0 spiro atoms. The van der Waals surface area contributed by atoms with E-state index in [9.17, 15) is 14.9 Å². The van der Waals surface area contributed by atoms with E-state index in [1.54, 1.807) is 49.4 Å². The van der Waals surface area contributed by atoms with Crippen molar-refractivity contribution >= 4 is 17.5 Å². The highest BCUT2D eigenvalue weighted by atomic mass is 16.6. The van der Waals surface area contributed by atoms with Crippen molar-refractivity contribution < 1.29 is 19.2 Å². The summed E-state index contributed by atoms with van der Waals surface area (Å²) in [5, 5.41) is 11.0. The molecule has 0 N–H and O–H groups in total. The van der Waals surface area contributed by atoms with Gasteiger partial charge in [0.25, 0.3) is 5.69 Å². The number of ketones is 1. The van der Waals surface area contributed by atoms with E-state index in [1.807, 2.05) is 0 Å². The molecule has 0 aliphatic carbocycles. The third-order valence-electron chi connectivity index (χ3n) is 3.66. The molecule has 0 radical (unpaired) electrons. The number of ether oxygens (including phenoxy) is 2. The number of rotatable bonds is 8. The summed E-state index contributed by atoms with van der Waals surface area (Å²) < 4.78 is 10.8. The smallest absolute Gasteiger partial charge is 0.273 e. The monoisotopic (exact) mass is 353 g/mol. The third-order valence-corrected chi connectivity index (χ3v) is 3.66. The van der Waals surface area contributed by atoms with Gasteiger partial charge in [-0.15, -0.1) is 0 Å². The zero-order valence-corrected chi connectivity index (χ0v) is 14.6. The van der Waals surface area contributed by atoms with E-state index in [-0.39, 0.29) is 17.0 Å². The van der Waals surface area contributed by atoms with Gasteiger partial charge in [0.1, 0.15) is 6.61 Å². The lowest BCUT2D eigenvalue weighted by Gasteiger charge is -2.09. The number of carbonyl (C=O) groups is 1. The number of methoxy groups -OCH3 is 1. The quantitative estimate of drug-likeness (QED) is 0.231. The van der Waals surface area contributed by atoms with Crippen LogP contribution in [0.1, 0.15) is 21.5 Å². The van der Waals surface area contributed by atoms with Gasteiger partial charge in [0, 0.05) is 17.2 Å². The van der Waals surface area contributed by atoms with Crippen molar-refractivity contribution in [2.24, 2.45) is 0 Å². The van der Waals surface area contributed by atoms with Crippen LogP contribution in [0.3, 0.4) is 0 Å². The summed E-state index contributed by atoms with van der Waals surface area (Å²) in [6, 6.07) is 9.68. The van der Waals surface area contributed by atoms with Gasteiger partial charge in [0.2, 0.25) is 0 Å². The molecule has 0 aromatic heterocycles. The Morgan fingerprint density at radius 3 is 2.65 bits per heavy atom. The summed E-state index contributed by atoms with van der Waals surface area (Å²) >= 11 is 0. The first kappa shape index (κ1) is 18.9. The fourth-order valence-electron chi connectivity index (χ4n) is 2.28. The minimum absolute atomic E-state index is 0.0744. The van der Waals surface area contributed by atoms with Crippen LogP contribution in [0.4, 0.5) is 5.69 Å². The number of benzene rings is 2. The second kappa shape index (κ2) is 8.62. The molecule has 0 aliphatic rings. The van der Waals surface area contributed by atoms with Crippen molar-refractivity contribution in [3.05, 3.63) is 81.9 Å². The number of carbonyl (C=O) groups excluding carboxylic acids is 1. The van der Waals surface area contributed by atoms with Crippen LogP contribution in [-0.2, 0) is 0 Å². The zero-order valence-electron chi connectivity index (χ0n) is 14.6. The number of nitro benzene ring substituents is 1. The molecule has 0 bridgehead atoms.